The Labute approximate surface area is 148 Å². The van der Waals surface area contributed by atoms with Crippen LogP contribution < -0.4 is 5.32 Å². The molecule has 1 aliphatic heterocycles. The first kappa shape index (κ1) is 15.6. The zero-order valence-corrected chi connectivity index (χ0v) is 15.1. The number of aromatic amines is 1. The van der Waals surface area contributed by atoms with E-state index in [2.05, 4.69) is 52.2 Å². The lowest BCUT2D eigenvalue weighted by Gasteiger charge is -2.32. The highest BCUT2D eigenvalue weighted by Crippen LogP contribution is 2.43. The number of aryl methyl sites for hydroxylation is 2. The molecular formula is C19H24N4S. The number of nitrogens with zero attached hydrogens (tertiary/aromatic N) is 2. The van der Waals surface area contributed by atoms with Gasteiger partial charge in [0.25, 0.3) is 0 Å². The van der Waals surface area contributed by atoms with E-state index in [4.69, 9.17) is 12.2 Å². The first-order chi connectivity index (χ1) is 11.6. The molecule has 1 saturated heterocycles. The van der Waals surface area contributed by atoms with Crippen molar-refractivity contribution in [1.82, 2.24) is 20.2 Å². The molecule has 0 bridgehead atoms. The number of pyridine rings is 1. The summed E-state index contributed by atoms with van der Waals surface area (Å²) in [6.07, 6.45) is 6.93. The maximum atomic E-state index is 5.76. The molecule has 2 fully saturated rings. The van der Waals surface area contributed by atoms with E-state index in [-0.39, 0.29) is 12.1 Å². The van der Waals surface area contributed by atoms with Crippen molar-refractivity contribution >= 4 is 17.3 Å². The second-order valence-corrected chi connectivity index (χ2v) is 7.39. The van der Waals surface area contributed by atoms with Crippen molar-refractivity contribution < 1.29 is 0 Å². The predicted molar refractivity (Wildman–Crippen MR) is 99.8 cm³/mol. The van der Waals surface area contributed by atoms with Gasteiger partial charge in [-0.25, -0.2) is 0 Å². The Bertz CT molecular complexity index is 733. The summed E-state index contributed by atoms with van der Waals surface area (Å²) in [5.74, 6) is 0. The Morgan fingerprint density at radius 3 is 2.62 bits per heavy atom. The van der Waals surface area contributed by atoms with Crippen LogP contribution in [0.15, 0.2) is 30.5 Å². The Kier molecular flexibility index (Phi) is 4.04. The largest absolute Gasteiger partial charge is 0.362 e. The topological polar surface area (TPSA) is 44.0 Å². The smallest absolute Gasteiger partial charge is 0.170 e. The molecule has 0 spiro atoms. The Balaban J connectivity index is 1.79. The second kappa shape index (κ2) is 6.20. The highest BCUT2D eigenvalue weighted by Gasteiger charge is 2.44. The zero-order valence-electron chi connectivity index (χ0n) is 14.2. The summed E-state index contributed by atoms with van der Waals surface area (Å²) in [6, 6.07) is 9.24. The van der Waals surface area contributed by atoms with Gasteiger partial charge < -0.3 is 15.2 Å². The molecule has 0 amide bonds. The molecule has 126 valence electrons. The number of nitrogens with one attached hydrogen (secondary N) is 2. The fourth-order valence-corrected chi connectivity index (χ4v) is 4.72. The molecule has 0 aromatic carbocycles. The highest BCUT2D eigenvalue weighted by molar-refractivity contribution is 7.80. The Morgan fingerprint density at radius 1 is 1.21 bits per heavy atom. The molecule has 2 aromatic heterocycles. The molecule has 0 unspecified atom stereocenters. The Morgan fingerprint density at radius 2 is 2.00 bits per heavy atom. The molecule has 2 atom stereocenters. The van der Waals surface area contributed by atoms with E-state index in [1.807, 2.05) is 12.3 Å². The summed E-state index contributed by atoms with van der Waals surface area (Å²) in [6.45, 7) is 4.28. The van der Waals surface area contributed by atoms with Crippen molar-refractivity contribution in [3.63, 3.8) is 0 Å². The standard InChI is InChI=1S/C19H24N4S/c1-12-11-15(13(2)21-12)18-17(16-9-5-6-10-20-16)22-19(24)23(18)14-7-3-4-8-14/h5-6,9-11,14,17-18,21H,3-4,7-8H2,1-2H3,(H,22,24)/t17-,18-/m1/s1. The minimum absolute atomic E-state index is 0.105. The number of hydrogen-bond donors (Lipinski definition) is 2. The SMILES string of the molecule is Cc1cc([C@@H]2[C@@H](c3ccccn3)NC(=S)N2C2CCCC2)c(C)[nH]1. The minimum Gasteiger partial charge on any atom is -0.362 e. The zero-order chi connectivity index (χ0) is 16.7. The minimum atomic E-state index is 0.105. The van der Waals surface area contributed by atoms with E-state index in [0.29, 0.717) is 6.04 Å². The van der Waals surface area contributed by atoms with Crippen molar-refractivity contribution in [2.45, 2.75) is 57.7 Å². The maximum absolute atomic E-state index is 5.76. The van der Waals surface area contributed by atoms with Gasteiger partial charge in [0.1, 0.15) is 0 Å². The van der Waals surface area contributed by atoms with Gasteiger partial charge in [-0.2, -0.15) is 0 Å². The number of thiocarbonyl (C=S) groups is 1. The van der Waals surface area contributed by atoms with Crippen molar-refractivity contribution in [2.24, 2.45) is 0 Å². The van der Waals surface area contributed by atoms with E-state index in [9.17, 15) is 0 Å². The Hall–Kier alpha value is -1.88. The van der Waals surface area contributed by atoms with Crippen LogP contribution in [0.25, 0.3) is 0 Å². The van der Waals surface area contributed by atoms with Crippen LogP contribution in [0.3, 0.4) is 0 Å². The van der Waals surface area contributed by atoms with Gasteiger partial charge in [0.2, 0.25) is 0 Å². The average Bonchev–Trinajstić information content (AvgIpc) is 3.27. The number of hydrogen-bond acceptors (Lipinski definition) is 2. The first-order valence-electron chi connectivity index (χ1n) is 8.81. The van der Waals surface area contributed by atoms with Gasteiger partial charge in [0, 0.05) is 23.6 Å². The molecule has 4 nitrogen and oxygen atoms in total. The molecular weight excluding hydrogens is 316 g/mol. The summed E-state index contributed by atoms with van der Waals surface area (Å²) in [4.78, 5) is 10.5. The third kappa shape index (κ3) is 2.61. The third-order valence-electron chi connectivity index (χ3n) is 5.36. The van der Waals surface area contributed by atoms with Gasteiger partial charge in [0.15, 0.2) is 5.11 Å². The molecule has 1 saturated carbocycles. The normalized spacial score (nSPS) is 24.6. The van der Waals surface area contributed by atoms with Gasteiger partial charge in [0.05, 0.1) is 17.8 Å². The van der Waals surface area contributed by atoms with E-state index in [1.165, 1.54) is 42.6 Å². The molecule has 3 heterocycles. The van der Waals surface area contributed by atoms with Crippen LogP contribution in [0.4, 0.5) is 0 Å². The van der Waals surface area contributed by atoms with Crippen LogP contribution >= 0.6 is 12.2 Å². The quantitative estimate of drug-likeness (QED) is 0.831. The molecule has 2 aromatic rings. The van der Waals surface area contributed by atoms with Crippen molar-refractivity contribution in [1.29, 1.82) is 0 Å². The summed E-state index contributed by atoms with van der Waals surface area (Å²) >= 11 is 5.76. The second-order valence-electron chi connectivity index (χ2n) is 7.00. The maximum Gasteiger partial charge on any atom is 0.170 e. The fourth-order valence-electron chi connectivity index (χ4n) is 4.33. The van der Waals surface area contributed by atoms with Crippen LogP contribution in [0.2, 0.25) is 0 Å². The van der Waals surface area contributed by atoms with E-state index < -0.39 is 0 Å². The van der Waals surface area contributed by atoms with Gasteiger partial charge >= 0.3 is 0 Å². The highest BCUT2D eigenvalue weighted by atomic mass is 32.1. The van der Waals surface area contributed by atoms with E-state index in [0.717, 1.165) is 10.8 Å². The first-order valence-corrected chi connectivity index (χ1v) is 9.22. The van der Waals surface area contributed by atoms with Crippen LogP contribution in [-0.2, 0) is 0 Å². The fraction of sp³-hybridized carbons (Fsp3) is 0.474. The van der Waals surface area contributed by atoms with E-state index in [1.54, 1.807) is 0 Å². The van der Waals surface area contributed by atoms with E-state index >= 15 is 0 Å². The predicted octanol–water partition coefficient (Wildman–Crippen LogP) is 3.94. The number of rotatable bonds is 3. The van der Waals surface area contributed by atoms with Gasteiger partial charge in [-0.3, -0.25) is 4.98 Å². The molecule has 1 aliphatic carbocycles. The van der Waals surface area contributed by atoms with Crippen LogP contribution in [0, 0.1) is 13.8 Å². The summed E-state index contributed by atoms with van der Waals surface area (Å²) in [7, 11) is 0. The average molecular weight is 340 g/mol. The summed E-state index contributed by atoms with van der Waals surface area (Å²) < 4.78 is 0. The van der Waals surface area contributed by atoms with Gasteiger partial charge in [-0.15, -0.1) is 0 Å². The van der Waals surface area contributed by atoms with Crippen molar-refractivity contribution in [3.05, 3.63) is 53.1 Å². The molecule has 5 heteroatoms. The van der Waals surface area contributed by atoms with Gasteiger partial charge in [-0.1, -0.05) is 18.9 Å². The molecule has 24 heavy (non-hydrogen) atoms. The molecule has 2 N–H and O–H groups in total. The van der Waals surface area contributed by atoms with Crippen molar-refractivity contribution in [2.75, 3.05) is 0 Å². The molecule has 4 rings (SSSR count). The summed E-state index contributed by atoms with van der Waals surface area (Å²) in [5.41, 5.74) is 4.82. The van der Waals surface area contributed by atoms with Crippen LogP contribution in [0.5, 0.6) is 0 Å². The lowest BCUT2D eigenvalue weighted by atomic mass is 9.95. The van der Waals surface area contributed by atoms with Gasteiger partial charge in [-0.05, 0) is 62.7 Å². The van der Waals surface area contributed by atoms with Crippen LogP contribution in [-0.4, -0.2) is 26.0 Å². The van der Waals surface area contributed by atoms with Crippen molar-refractivity contribution in [3.8, 4) is 0 Å². The lowest BCUT2D eigenvalue weighted by Crippen LogP contribution is -2.37. The monoisotopic (exact) mass is 340 g/mol. The number of H-pyrrole nitrogens is 1. The summed E-state index contributed by atoms with van der Waals surface area (Å²) in [5, 5.41) is 4.44. The number of aromatic nitrogens is 2. The lowest BCUT2D eigenvalue weighted by molar-refractivity contribution is 0.245. The molecule has 2 aliphatic rings. The van der Waals surface area contributed by atoms with Crippen LogP contribution in [0.1, 0.15) is 60.4 Å². The molecule has 0 radical (unpaired) electrons. The third-order valence-corrected chi connectivity index (χ3v) is 5.69.